The van der Waals surface area contributed by atoms with Gasteiger partial charge in [-0.3, -0.25) is 18.6 Å². The van der Waals surface area contributed by atoms with Gasteiger partial charge in [-0.15, -0.1) is 0 Å². The molecule has 3 N–H and O–H groups in total. The van der Waals surface area contributed by atoms with Gasteiger partial charge in [0.05, 0.1) is 13.2 Å². The molecule has 9 nitrogen and oxygen atoms in total. The maximum Gasteiger partial charge on any atom is 0.472 e. The van der Waals surface area contributed by atoms with Gasteiger partial charge in [0.2, 0.25) is 0 Å². The molecule has 296 valence electrons. The SMILES string of the molecule is CCC=CCC=CCC=CCC=CCCCCC(=O)O[C@H](COC(=O)CCCCCCCCCCCCCCCCC)COP(=O)(O)OCCN. The summed E-state index contributed by atoms with van der Waals surface area (Å²) in [5, 5.41) is 0. The molecule has 2 atom stereocenters. The number of phosphoric acid groups is 1. The Labute approximate surface area is 311 Å². The first kappa shape index (κ1) is 49.0. The van der Waals surface area contributed by atoms with E-state index in [-0.39, 0.29) is 32.6 Å². The fourth-order valence-corrected chi connectivity index (χ4v) is 6.04. The molecule has 0 heterocycles. The van der Waals surface area contributed by atoms with Crippen LogP contribution in [0.3, 0.4) is 0 Å². The second-order valence-corrected chi connectivity index (χ2v) is 14.6. The van der Waals surface area contributed by atoms with E-state index in [1.807, 2.05) is 0 Å². The molecule has 0 aromatic heterocycles. The van der Waals surface area contributed by atoms with Crippen molar-refractivity contribution in [3.63, 3.8) is 0 Å². The molecule has 0 aliphatic carbocycles. The predicted molar refractivity (Wildman–Crippen MR) is 210 cm³/mol. The molecule has 10 heteroatoms. The number of phosphoric ester groups is 1. The average molecular weight is 740 g/mol. The Hall–Kier alpha value is -2.03. The van der Waals surface area contributed by atoms with E-state index in [1.165, 1.54) is 77.0 Å². The van der Waals surface area contributed by atoms with Crippen LogP contribution in [-0.4, -0.2) is 49.3 Å². The molecule has 0 aliphatic rings. The van der Waals surface area contributed by atoms with E-state index in [2.05, 4.69) is 62.5 Å². The van der Waals surface area contributed by atoms with Crippen LogP contribution in [0.15, 0.2) is 48.6 Å². The van der Waals surface area contributed by atoms with Gasteiger partial charge < -0.3 is 20.1 Å². The largest absolute Gasteiger partial charge is 0.472 e. The van der Waals surface area contributed by atoms with Gasteiger partial charge in [-0.05, 0) is 51.4 Å². The summed E-state index contributed by atoms with van der Waals surface area (Å²) in [5.74, 6) is -0.877. The average Bonchev–Trinajstić information content (AvgIpc) is 3.11. The summed E-state index contributed by atoms with van der Waals surface area (Å²) in [6.07, 6.45) is 41.4. The van der Waals surface area contributed by atoms with Gasteiger partial charge in [0.15, 0.2) is 6.10 Å². The summed E-state index contributed by atoms with van der Waals surface area (Å²) in [6.45, 7) is 3.56. The van der Waals surface area contributed by atoms with Gasteiger partial charge in [0.25, 0.3) is 0 Å². The van der Waals surface area contributed by atoms with E-state index in [0.29, 0.717) is 6.42 Å². The van der Waals surface area contributed by atoms with Crippen LogP contribution in [0.2, 0.25) is 0 Å². The summed E-state index contributed by atoms with van der Waals surface area (Å²) in [7, 11) is -4.38. The van der Waals surface area contributed by atoms with E-state index < -0.39 is 32.5 Å². The van der Waals surface area contributed by atoms with Gasteiger partial charge in [-0.2, -0.15) is 0 Å². The highest BCUT2D eigenvalue weighted by atomic mass is 31.2. The number of esters is 2. The molecule has 0 aliphatic heterocycles. The van der Waals surface area contributed by atoms with E-state index >= 15 is 0 Å². The number of allylic oxidation sites excluding steroid dienone is 8. The van der Waals surface area contributed by atoms with E-state index in [4.69, 9.17) is 24.3 Å². The van der Waals surface area contributed by atoms with Crippen molar-refractivity contribution < 1.29 is 37.6 Å². The third-order valence-electron chi connectivity index (χ3n) is 8.23. The Kier molecular flexibility index (Phi) is 36.2. The number of hydrogen-bond donors (Lipinski definition) is 2. The van der Waals surface area contributed by atoms with Crippen molar-refractivity contribution in [2.75, 3.05) is 26.4 Å². The lowest BCUT2D eigenvalue weighted by atomic mass is 10.0. The fourth-order valence-electron chi connectivity index (χ4n) is 5.27. The lowest BCUT2D eigenvalue weighted by molar-refractivity contribution is -0.161. The summed E-state index contributed by atoms with van der Waals surface area (Å²) < 4.78 is 32.7. The number of nitrogens with two attached hydrogens (primary N) is 1. The highest BCUT2D eigenvalue weighted by Gasteiger charge is 2.25. The van der Waals surface area contributed by atoms with Crippen LogP contribution in [0.4, 0.5) is 0 Å². The second kappa shape index (κ2) is 37.7. The molecule has 0 spiro atoms. The first-order valence-corrected chi connectivity index (χ1v) is 21.6. The first-order chi connectivity index (χ1) is 24.8. The van der Waals surface area contributed by atoms with Gasteiger partial charge in [-0.1, -0.05) is 152 Å². The van der Waals surface area contributed by atoms with Crippen LogP contribution in [-0.2, 0) is 32.7 Å². The highest BCUT2D eigenvalue weighted by molar-refractivity contribution is 7.47. The summed E-state index contributed by atoms with van der Waals surface area (Å²) in [4.78, 5) is 34.8. The lowest BCUT2D eigenvalue weighted by Crippen LogP contribution is -2.29. The molecule has 0 bridgehead atoms. The number of unbranched alkanes of at least 4 members (excludes halogenated alkanes) is 16. The minimum absolute atomic E-state index is 0.0458. The van der Waals surface area contributed by atoms with Crippen molar-refractivity contribution in [2.45, 2.75) is 174 Å². The number of hydrogen-bond acceptors (Lipinski definition) is 8. The maximum atomic E-state index is 12.5. The third-order valence-corrected chi connectivity index (χ3v) is 9.21. The minimum atomic E-state index is -4.38. The zero-order valence-corrected chi connectivity index (χ0v) is 33.2. The Morgan fingerprint density at radius 3 is 1.61 bits per heavy atom. The Bertz CT molecular complexity index is 981. The van der Waals surface area contributed by atoms with Crippen molar-refractivity contribution >= 4 is 19.8 Å². The van der Waals surface area contributed by atoms with Crippen molar-refractivity contribution in [3.05, 3.63) is 48.6 Å². The van der Waals surface area contributed by atoms with Gasteiger partial charge >= 0.3 is 19.8 Å². The van der Waals surface area contributed by atoms with Crippen molar-refractivity contribution in [1.82, 2.24) is 0 Å². The number of carbonyl (C=O) groups excluding carboxylic acids is 2. The maximum absolute atomic E-state index is 12.5. The molecule has 0 saturated heterocycles. The van der Waals surface area contributed by atoms with Crippen LogP contribution in [0.1, 0.15) is 168 Å². The number of rotatable bonds is 37. The van der Waals surface area contributed by atoms with Crippen molar-refractivity contribution in [3.8, 4) is 0 Å². The van der Waals surface area contributed by atoms with E-state index in [9.17, 15) is 19.0 Å². The minimum Gasteiger partial charge on any atom is -0.462 e. The Morgan fingerprint density at radius 2 is 1.08 bits per heavy atom. The molecule has 0 rings (SSSR count). The molecule has 0 radical (unpaired) electrons. The highest BCUT2D eigenvalue weighted by Crippen LogP contribution is 2.43. The molecule has 51 heavy (non-hydrogen) atoms. The Balaban J connectivity index is 4.26. The monoisotopic (exact) mass is 740 g/mol. The number of carbonyl (C=O) groups is 2. The lowest BCUT2D eigenvalue weighted by Gasteiger charge is -2.19. The predicted octanol–water partition coefficient (Wildman–Crippen LogP) is 11.2. The second-order valence-electron chi connectivity index (χ2n) is 13.1. The molecule has 0 aromatic rings. The normalized spacial score (nSPS) is 13.9. The van der Waals surface area contributed by atoms with Crippen LogP contribution < -0.4 is 5.73 Å². The molecular weight excluding hydrogens is 665 g/mol. The zero-order chi connectivity index (χ0) is 37.5. The van der Waals surface area contributed by atoms with E-state index in [1.54, 1.807) is 0 Å². The van der Waals surface area contributed by atoms with Crippen molar-refractivity contribution in [1.29, 1.82) is 0 Å². The topological polar surface area (TPSA) is 134 Å². The summed E-state index contributed by atoms with van der Waals surface area (Å²) >= 11 is 0. The standard InChI is InChI=1S/C41H74NO8P/c1-3-5-7-9-11-13-15-17-19-21-23-25-27-29-31-33-40(43)47-37-39(38-49-51(45,46)48-36-35-42)50-41(44)34-32-30-28-26-24-22-20-18-16-14-12-10-8-6-4-2/h6,8,12,14,18,20,24,26,39H,3-5,7,9-11,13,15-17,19,21-23,25,27-38,42H2,1-2H3,(H,45,46)/t39-/m1/s1. The third kappa shape index (κ3) is 37.5. The van der Waals surface area contributed by atoms with Crippen molar-refractivity contribution in [2.24, 2.45) is 5.73 Å². The van der Waals surface area contributed by atoms with Crippen LogP contribution >= 0.6 is 7.82 Å². The van der Waals surface area contributed by atoms with E-state index in [0.717, 1.165) is 57.8 Å². The van der Waals surface area contributed by atoms with Gasteiger partial charge in [0, 0.05) is 19.4 Å². The smallest absolute Gasteiger partial charge is 0.462 e. The van der Waals surface area contributed by atoms with Crippen LogP contribution in [0.5, 0.6) is 0 Å². The zero-order valence-electron chi connectivity index (χ0n) is 32.3. The fraction of sp³-hybridized carbons (Fsp3) is 0.756. The molecule has 0 saturated carbocycles. The molecular formula is C41H74NO8P. The molecule has 1 unspecified atom stereocenters. The Morgan fingerprint density at radius 1 is 0.608 bits per heavy atom. The first-order valence-electron chi connectivity index (χ1n) is 20.1. The molecule has 0 aromatic carbocycles. The molecule has 0 amide bonds. The van der Waals surface area contributed by atoms with Crippen LogP contribution in [0.25, 0.3) is 0 Å². The quantitative estimate of drug-likeness (QED) is 0.0276. The summed E-state index contributed by atoms with van der Waals surface area (Å²) in [5.41, 5.74) is 5.33. The molecule has 0 fully saturated rings. The van der Waals surface area contributed by atoms with Gasteiger partial charge in [0.1, 0.15) is 6.61 Å². The van der Waals surface area contributed by atoms with Gasteiger partial charge in [-0.25, -0.2) is 4.57 Å². The van der Waals surface area contributed by atoms with Crippen LogP contribution in [0, 0.1) is 0 Å². The summed E-state index contributed by atoms with van der Waals surface area (Å²) in [6, 6.07) is 0. The number of ether oxygens (including phenoxy) is 2.